The highest BCUT2D eigenvalue weighted by Gasteiger charge is 1.95. The molecule has 0 saturated heterocycles. The molecule has 0 nitrogen and oxygen atoms in total. The van der Waals surface area contributed by atoms with Crippen molar-refractivity contribution in [3.8, 4) is 0 Å². The van der Waals surface area contributed by atoms with Crippen LogP contribution in [0.15, 0.2) is 8.98 Å². The van der Waals surface area contributed by atoms with Crippen molar-refractivity contribution in [2.75, 3.05) is 0 Å². The van der Waals surface area contributed by atoms with Crippen LogP contribution in [-0.4, -0.2) is 0 Å². The first-order valence-electron chi connectivity index (χ1n) is 4.01. The van der Waals surface area contributed by atoms with Crippen molar-refractivity contribution in [2.24, 2.45) is 0 Å². The van der Waals surface area contributed by atoms with Gasteiger partial charge in [0.15, 0.2) is 0 Å². The molecule has 0 radical (unpaired) electrons. The molecule has 0 heterocycles. The van der Waals surface area contributed by atoms with Crippen LogP contribution >= 0.6 is 46.4 Å². The van der Waals surface area contributed by atoms with E-state index >= 15 is 0 Å². The van der Waals surface area contributed by atoms with Crippen molar-refractivity contribution in [2.45, 2.75) is 38.5 Å². The van der Waals surface area contributed by atoms with Gasteiger partial charge in [0.05, 0.1) is 0 Å². The first-order valence-corrected chi connectivity index (χ1v) is 5.52. The Morgan fingerprint density at radius 1 is 0.500 bits per heavy atom. The molecule has 1 rings (SSSR count). The maximum absolute atomic E-state index is 4.99. The second kappa shape index (κ2) is 8.50. The lowest BCUT2D eigenvalue weighted by molar-refractivity contribution is 0.504. The number of hydrogen-bond donors (Lipinski definition) is 0. The van der Waals surface area contributed by atoms with Gasteiger partial charge in [-0.15, -0.1) is 0 Å². The van der Waals surface area contributed by atoms with Gasteiger partial charge in [0, 0.05) is 0 Å². The van der Waals surface area contributed by atoms with Gasteiger partial charge in [0.1, 0.15) is 8.98 Å². The molecule has 72 valence electrons. The van der Waals surface area contributed by atoms with Crippen molar-refractivity contribution < 1.29 is 0 Å². The summed E-state index contributed by atoms with van der Waals surface area (Å²) in [5.74, 6) is 0. The van der Waals surface area contributed by atoms with Gasteiger partial charge in [-0.25, -0.2) is 0 Å². The topological polar surface area (TPSA) is 0 Å². The Hall–Kier alpha value is 0.900. The van der Waals surface area contributed by atoms with Crippen LogP contribution in [0.2, 0.25) is 0 Å². The molecule has 1 aliphatic carbocycles. The highest BCUT2D eigenvalue weighted by atomic mass is 35.5. The lowest BCUT2D eigenvalue weighted by Crippen LogP contribution is -1.85. The average molecular weight is 250 g/mol. The van der Waals surface area contributed by atoms with Crippen molar-refractivity contribution in [3.63, 3.8) is 0 Å². The van der Waals surface area contributed by atoms with Crippen LogP contribution in [0.4, 0.5) is 0 Å². The summed E-state index contributed by atoms with van der Waals surface area (Å²) in [5.41, 5.74) is 0. The number of hydrogen-bond acceptors (Lipinski definition) is 0. The molecule has 1 saturated carbocycles. The molecule has 0 aromatic rings. The molecular weight excluding hydrogens is 238 g/mol. The highest BCUT2D eigenvalue weighted by Crippen LogP contribution is 2.20. The highest BCUT2D eigenvalue weighted by molar-refractivity contribution is 6.67. The molecule has 0 amide bonds. The van der Waals surface area contributed by atoms with Gasteiger partial charge in [-0.05, 0) is 0 Å². The standard InChI is InChI=1S/C6H12.C2Cl4/c1-2-4-6-5-3-1;3-1(4)2(5)6/h1-6H2;. The molecule has 0 aromatic heterocycles. The molecule has 1 fully saturated rings. The van der Waals surface area contributed by atoms with Gasteiger partial charge in [-0.3, -0.25) is 0 Å². The quantitative estimate of drug-likeness (QED) is 0.539. The summed E-state index contributed by atoms with van der Waals surface area (Å²) < 4.78 is -0.198. The van der Waals surface area contributed by atoms with Crippen molar-refractivity contribution >= 4 is 46.4 Å². The Balaban J connectivity index is 0.000000202. The Kier molecular flexibility index (Phi) is 9.13. The van der Waals surface area contributed by atoms with E-state index in [-0.39, 0.29) is 8.98 Å². The second-order valence-corrected chi connectivity index (χ2v) is 4.54. The van der Waals surface area contributed by atoms with E-state index in [0.29, 0.717) is 0 Å². The van der Waals surface area contributed by atoms with E-state index in [1.54, 1.807) is 0 Å². The number of halogens is 4. The van der Waals surface area contributed by atoms with E-state index in [9.17, 15) is 0 Å². The zero-order valence-electron chi connectivity index (χ0n) is 6.75. The monoisotopic (exact) mass is 248 g/mol. The third-order valence-electron chi connectivity index (χ3n) is 1.64. The number of rotatable bonds is 0. The second-order valence-electron chi connectivity index (χ2n) is 2.64. The molecule has 4 heteroatoms. The fraction of sp³-hybridized carbons (Fsp3) is 0.750. The summed E-state index contributed by atoms with van der Waals surface area (Å²) >= 11 is 20.0. The lowest BCUT2D eigenvalue weighted by Gasteiger charge is -2.05. The van der Waals surface area contributed by atoms with E-state index in [1.807, 2.05) is 0 Å². The summed E-state index contributed by atoms with van der Waals surface area (Å²) in [5, 5.41) is 0. The molecule has 0 bridgehead atoms. The maximum Gasteiger partial charge on any atom is 0.136 e. The predicted molar refractivity (Wildman–Crippen MR) is 58.1 cm³/mol. The summed E-state index contributed by atoms with van der Waals surface area (Å²) in [6, 6.07) is 0. The van der Waals surface area contributed by atoms with Crippen molar-refractivity contribution in [1.29, 1.82) is 0 Å². The van der Waals surface area contributed by atoms with Gasteiger partial charge < -0.3 is 0 Å². The molecule has 0 aromatic carbocycles. The fourth-order valence-electron chi connectivity index (χ4n) is 1.06. The predicted octanol–water partition coefficient (Wildman–Crippen LogP) is 5.41. The first-order chi connectivity index (χ1) is 5.64. The Bertz CT molecular complexity index is 108. The van der Waals surface area contributed by atoms with Gasteiger partial charge in [0.2, 0.25) is 0 Å². The summed E-state index contributed by atoms with van der Waals surface area (Å²) in [4.78, 5) is 0. The Morgan fingerprint density at radius 3 is 0.750 bits per heavy atom. The minimum absolute atomic E-state index is 0.0988. The zero-order chi connectivity index (χ0) is 9.40. The largest absolute Gasteiger partial charge is 0.136 e. The third kappa shape index (κ3) is 8.99. The molecule has 0 atom stereocenters. The van der Waals surface area contributed by atoms with E-state index in [2.05, 4.69) is 0 Å². The van der Waals surface area contributed by atoms with Crippen LogP contribution in [0, 0.1) is 0 Å². The molecule has 0 spiro atoms. The molecule has 12 heavy (non-hydrogen) atoms. The van der Waals surface area contributed by atoms with E-state index in [0.717, 1.165) is 0 Å². The average Bonchev–Trinajstić information content (AvgIpc) is 2.08. The van der Waals surface area contributed by atoms with E-state index in [1.165, 1.54) is 38.5 Å². The SMILES string of the molecule is C1CCCCC1.ClC(Cl)=C(Cl)Cl. The van der Waals surface area contributed by atoms with Crippen LogP contribution in [0.5, 0.6) is 0 Å². The maximum atomic E-state index is 4.99. The van der Waals surface area contributed by atoms with Crippen LogP contribution < -0.4 is 0 Å². The molecular formula is C8H12Cl4. The van der Waals surface area contributed by atoms with Crippen molar-refractivity contribution in [3.05, 3.63) is 8.98 Å². The third-order valence-corrected chi connectivity index (χ3v) is 2.79. The van der Waals surface area contributed by atoms with Crippen LogP contribution in [-0.2, 0) is 0 Å². The van der Waals surface area contributed by atoms with Gasteiger partial charge in [-0.2, -0.15) is 0 Å². The molecule has 1 aliphatic rings. The Labute approximate surface area is 93.8 Å². The minimum atomic E-state index is -0.0988. The van der Waals surface area contributed by atoms with Crippen LogP contribution in [0.25, 0.3) is 0 Å². The van der Waals surface area contributed by atoms with Crippen molar-refractivity contribution in [1.82, 2.24) is 0 Å². The molecule has 0 aliphatic heterocycles. The van der Waals surface area contributed by atoms with Gasteiger partial charge in [-0.1, -0.05) is 84.9 Å². The summed E-state index contributed by atoms with van der Waals surface area (Å²) in [7, 11) is 0. The smallest absolute Gasteiger partial charge is 0.0682 e. The summed E-state index contributed by atoms with van der Waals surface area (Å²) in [6.45, 7) is 0. The zero-order valence-corrected chi connectivity index (χ0v) is 9.78. The van der Waals surface area contributed by atoms with Crippen LogP contribution in [0.1, 0.15) is 38.5 Å². The fourth-order valence-corrected chi connectivity index (χ4v) is 1.06. The van der Waals surface area contributed by atoms with Gasteiger partial charge >= 0.3 is 0 Å². The molecule has 0 unspecified atom stereocenters. The lowest BCUT2D eigenvalue weighted by atomic mass is 10.0. The van der Waals surface area contributed by atoms with E-state index in [4.69, 9.17) is 46.4 Å². The Morgan fingerprint density at radius 2 is 0.667 bits per heavy atom. The minimum Gasteiger partial charge on any atom is -0.0682 e. The van der Waals surface area contributed by atoms with Gasteiger partial charge in [0.25, 0.3) is 0 Å². The molecule has 0 N–H and O–H groups in total. The van der Waals surface area contributed by atoms with E-state index < -0.39 is 0 Å². The normalized spacial score (nSPS) is 16.0. The van der Waals surface area contributed by atoms with Crippen LogP contribution in [0.3, 0.4) is 0 Å². The first kappa shape index (κ1) is 12.9. The summed E-state index contributed by atoms with van der Waals surface area (Å²) in [6.07, 6.45) is 9.00.